The van der Waals surface area contributed by atoms with Crippen LogP contribution in [0.15, 0.2) is 90.0 Å². The number of carbonyl (C=O) groups excluding carboxylic acids is 3. The van der Waals surface area contributed by atoms with E-state index in [2.05, 4.69) is 5.32 Å². The standard InChI is InChI=1S/C31H30N4O7/c1-4-41-28(37)31(29(38)42-5-2)25(21-12-8-6-9-13-21)30(26(32-31)22-16-18-24(19-17-22)35(39)40)20(3)33-34(27(30)36)23-14-10-7-11-15-23/h6-19,25-26,32H,4-5H2,1-3H3/t25-,26+,30+/m0/s1. The van der Waals surface area contributed by atoms with Gasteiger partial charge in [-0.25, -0.2) is 9.59 Å². The van der Waals surface area contributed by atoms with Crippen LogP contribution in [0.1, 0.15) is 43.9 Å². The fraction of sp³-hybridized carbons (Fsp3) is 0.290. The van der Waals surface area contributed by atoms with Crippen LogP contribution in [-0.2, 0) is 23.9 Å². The summed E-state index contributed by atoms with van der Waals surface area (Å²) >= 11 is 0. The molecule has 0 aromatic heterocycles. The van der Waals surface area contributed by atoms with Gasteiger partial charge in [-0.15, -0.1) is 0 Å². The number of hydrazone groups is 1. The summed E-state index contributed by atoms with van der Waals surface area (Å²) in [6.07, 6.45) is 0. The first-order valence-electron chi connectivity index (χ1n) is 13.6. The number of nitro benzene ring substituents is 1. The molecule has 2 aliphatic heterocycles. The molecule has 0 radical (unpaired) electrons. The molecule has 0 saturated carbocycles. The number of hydrogen-bond acceptors (Lipinski definition) is 9. The summed E-state index contributed by atoms with van der Waals surface area (Å²) in [6.45, 7) is 4.86. The third kappa shape index (κ3) is 4.24. The minimum atomic E-state index is -2.17. The first kappa shape index (κ1) is 28.6. The summed E-state index contributed by atoms with van der Waals surface area (Å²) in [5, 5.41) is 20.6. The van der Waals surface area contributed by atoms with Crippen LogP contribution in [-0.4, -0.2) is 47.2 Å². The number of carbonyl (C=O) groups is 3. The molecule has 2 heterocycles. The van der Waals surface area contributed by atoms with Crippen molar-refractivity contribution >= 4 is 34.9 Å². The maximum absolute atomic E-state index is 14.9. The lowest BCUT2D eigenvalue weighted by Gasteiger charge is -2.37. The molecular weight excluding hydrogens is 540 g/mol. The van der Waals surface area contributed by atoms with Gasteiger partial charge in [0.15, 0.2) is 0 Å². The number of hydrogen-bond donors (Lipinski definition) is 1. The van der Waals surface area contributed by atoms with Crippen LogP contribution >= 0.6 is 0 Å². The Bertz CT molecular complexity index is 1520. The molecule has 1 fully saturated rings. The van der Waals surface area contributed by atoms with Crippen LogP contribution in [0.2, 0.25) is 0 Å². The monoisotopic (exact) mass is 570 g/mol. The number of non-ortho nitro benzene ring substituents is 1. The van der Waals surface area contributed by atoms with Crippen molar-refractivity contribution in [2.75, 3.05) is 18.2 Å². The van der Waals surface area contributed by atoms with Gasteiger partial charge >= 0.3 is 11.9 Å². The van der Waals surface area contributed by atoms with Crippen LogP contribution in [0.5, 0.6) is 0 Å². The van der Waals surface area contributed by atoms with Gasteiger partial charge in [-0.3, -0.25) is 20.2 Å². The highest BCUT2D eigenvalue weighted by Crippen LogP contribution is 2.61. The molecular formula is C31H30N4O7. The second kappa shape index (κ2) is 11.2. The minimum Gasteiger partial charge on any atom is -0.464 e. The van der Waals surface area contributed by atoms with Crippen LogP contribution < -0.4 is 10.3 Å². The van der Waals surface area contributed by atoms with Gasteiger partial charge in [0, 0.05) is 18.1 Å². The van der Waals surface area contributed by atoms with Crippen molar-refractivity contribution < 1.29 is 28.8 Å². The lowest BCUT2D eigenvalue weighted by Crippen LogP contribution is -2.60. The molecule has 0 unspecified atom stereocenters. The van der Waals surface area contributed by atoms with Gasteiger partial charge in [0.2, 0.25) is 5.54 Å². The molecule has 1 amide bonds. The van der Waals surface area contributed by atoms with Gasteiger partial charge in [0.05, 0.1) is 35.6 Å². The zero-order valence-corrected chi connectivity index (χ0v) is 23.4. The molecule has 3 aromatic rings. The highest BCUT2D eigenvalue weighted by atomic mass is 16.6. The molecule has 0 aliphatic carbocycles. The molecule has 1 N–H and O–H groups in total. The third-order valence-corrected chi connectivity index (χ3v) is 7.88. The average molecular weight is 571 g/mol. The number of amides is 1. The first-order valence-corrected chi connectivity index (χ1v) is 13.6. The molecule has 3 aromatic carbocycles. The second-order valence-electron chi connectivity index (χ2n) is 10.0. The second-order valence-corrected chi connectivity index (χ2v) is 10.0. The van der Waals surface area contributed by atoms with Crippen molar-refractivity contribution in [3.8, 4) is 0 Å². The van der Waals surface area contributed by atoms with E-state index in [4.69, 9.17) is 14.6 Å². The van der Waals surface area contributed by atoms with Crippen molar-refractivity contribution in [1.29, 1.82) is 0 Å². The number of rotatable bonds is 8. The maximum Gasteiger partial charge on any atom is 0.338 e. The van der Waals surface area contributed by atoms with Gasteiger partial charge in [-0.05, 0) is 44.0 Å². The Morgan fingerprint density at radius 3 is 1.98 bits per heavy atom. The van der Waals surface area contributed by atoms with Gasteiger partial charge in [-0.1, -0.05) is 60.7 Å². The normalized spacial score (nSPS) is 22.6. The molecule has 5 rings (SSSR count). The SMILES string of the molecule is CCOC(=O)C1(C(=O)OCC)N[C@H](c2ccc([N+](=O)[O-])cc2)[C@]2(C(=O)N(c3ccccc3)N=C2C)[C@@H]1c1ccccc1. The summed E-state index contributed by atoms with van der Waals surface area (Å²) in [4.78, 5) is 53.9. The van der Waals surface area contributed by atoms with E-state index >= 15 is 0 Å². The van der Waals surface area contributed by atoms with Gasteiger partial charge in [0.1, 0.15) is 5.41 Å². The van der Waals surface area contributed by atoms with Crippen molar-refractivity contribution in [2.24, 2.45) is 10.5 Å². The van der Waals surface area contributed by atoms with E-state index < -0.39 is 45.7 Å². The van der Waals surface area contributed by atoms with E-state index in [1.54, 1.807) is 75.4 Å². The fourth-order valence-corrected chi connectivity index (χ4v) is 6.17. The molecule has 3 atom stereocenters. The number of esters is 2. The quantitative estimate of drug-likeness (QED) is 0.183. The van der Waals surface area contributed by atoms with Crippen LogP contribution in [0.3, 0.4) is 0 Å². The first-order chi connectivity index (χ1) is 20.2. The molecule has 42 heavy (non-hydrogen) atoms. The van der Waals surface area contributed by atoms with Crippen molar-refractivity contribution in [3.63, 3.8) is 0 Å². The number of ether oxygens (including phenoxy) is 2. The zero-order valence-electron chi connectivity index (χ0n) is 23.4. The summed E-state index contributed by atoms with van der Waals surface area (Å²) in [5.74, 6) is -3.46. The zero-order chi connectivity index (χ0) is 30.1. The molecule has 11 heteroatoms. The number of nitrogens with one attached hydrogen (secondary N) is 1. The van der Waals surface area contributed by atoms with Gasteiger partial charge in [0.25, 0.3) is 11.6 Å². The highest BCUT2D eigenvalue weighted by Gasteiger charge is 2.76. The molecule has 11 nitrogen and oxygen atoms in total. The van der Waals surface area contributed by atoms with E-state index in [9.17, 15) is 24.5 Å². The molecule has 216 valence electrons. The Hall–Kier alpha value is -4.90. The molecule has 0 bridgehead atoms. The Balaban J connectivity index is 1.84. The Labute approximate surface area is 242 Å². The summed E-state index contributed by atoms with van der Waals surface area (Å²) < 4.78 is 11.0. The Morgan fingerprint density at radius 2 is 1.45 bits per heavy atom. The van der Waals surface area contributed by atoms with Crippen LogP contribution in [0.4, 0.5) is 11.4 Å². The fourth-order valence-electron chi connectivity index (χ4n) is 6.17. The molecule has 1 saturated heterocycles. The van der Waals surface area contributed by atoms with E-state index in [1.165, 1.54) is 29.3 Å². The summed E-state index contributed by atoms with van der Waals surface area (Å²) in [6, 6.07) is 22.2. The van der Waals surface area contributed by atoms with E-state index in [-0.39, 0.29) is 18.9 Å². The topological polar surface area (TPSA) is 140 Å². The number of nitrogens with zero attached hydrogens (tertiary/aromatic N) is 3. The number of para-hydroxylation sites is 1. The molecule has 1 spiro atoms. The average Bonchev–Trinajstić information content (AvgIpc) is 3.47. The van der Waals surface area contributed by atoms with Crippen LogP contribution in [0, 0.1) is 15.5 Å². The van der Waals surface area contributed by atoms with E-state index in [1.807, 2.05) is 6.07 Å². The predicted molar refractivity (Wildman–Crippen MR) is 154 cm³/mol. The summed E-state index contributed by atoms with van der Waals surface area (Å²) in [5.41, 5.74) is -2.18. The van der Waals surface area contributed by atoms with Crippen molar-refractivity contribution in [2.45, 2.75) is 38.3 Å². The van der Waals surface area contributed by atoms with Crippen LogP contribution in [0.25, 0.3) is 0 Å². The number of nitro groups is 1. The van der Waals surface area contributed by atoms with E-state index in [0.29, 0.717) is 22.5 Å². The van der Waals surface area contributed by atoms with Gasteiger partial charge < -0.3 is 9.47 Å². The Morgan fingerprint density at radius 1 is 0.905 bits per heavy atom. The highest BCUT2D eigenvalue weighted by molar-refractivity contribution is 6.23. The number of anilines is 1. The smallest absolute Gasteiger partial charge is 0.338 e. The molecule has 2 aliphatic rings. The third-order valence-electron chi connectivity index (χ3n) is 7.88. The lowest BCUT2D eigenvalue weighted by atomic mass is 9.61. The summed E-state index contributed by atoms with van der Waals surface area (Å²) in [7, 11) is 0. The van der Waals surface area contributed by atoms with E-state index in [0.717, 1.165) is 0 Å². The van der Waals surface area contributed by atoms with Crippen molar-refractivity contribution in [1.82, 2.24) is 5.32 Å². The van der Waals surface area contributed by atoms with Gasteiger partial charge in [-0.2, -0.15) is 10.1 Å². The number of benzene rings is 3. The predicted octanol–water partition coefficient (Wildman–Crippen LogP) is 4.30. The largest absolute Gasteiger partial charge is 0.464 e. The van der Waals surface area contributed by atoms with Crippen molar-refractivity contribution in [3.05, 3.63) is 106 Å². The Kier molecular flexibility index (Phi) is 7.61. The minimum absolute atomic E-state index is 0.0322. The maximum atomic E-state index is 14.9. The lowest BCUT2D eigenvalue weighted by molar-refractivity contribution is -0.384.